The van der Waals surface area contributed by atoms with Crippen molar-refractivity contribution in [2.45, 2.75) is 51.5 Å². The fourth-order valence-corrected chi connectivity index (χ4v) is 4.97. The fraction of sp³-hybridized carbons (Fsp3) is 0.345. The summed E-state index contributed by atoms with van der Waals surface area (Å²) in [4.78, 5) is 56.5. The predicted octanol–water partition coefficient (Wildman–Crippen LogP) is 3.05. The highest BCUT2D eigenvalue weighted by atomic mass is 16.6. The molecule has 2 fully saturated rings. The average molecular weight is 546 g/mol. The largest absolute Gasteiger partial charge is 0.489 e. The van der Waals surface area contributed by atoms with E-state index in [2.05, 4.69) is 20.9 Å². The number of nitrogens with one attached hydrogen (secondary N) is 3. The van der Waals surface area contributed by atoms with Gasteiger partial charge in [-0.25, -0.2) is 9.59 Å². The summed E-state index contributed by atoms with van der Waals surface area (Å²) in [5.41, 5.74) is 0.871. The number of pyridine rings is 1. The summed E-state index contributed by atoms with van der Waals surface area (Å²) in [6, 6.07) is 14.9. The maximum atomic E-state index is 13.2. The SMILES string of the molecule is Cc1cc(COc2ccc(C(=O)NC3CN(C(=O)OC(C)(C)C)CC34NC(=O)NC4=O)cc2)c2ccccc2n1. The third-order valence-corrected chi connectivity index (χ3v) is 6.80. The van der Waals surface area contributed by atoms with Crippen LogP contribution in [0.5, 0.6) is 5.75 Å². The van der Waals surface area contributed by atoms with E-state index in [9.17, 15) is 19.2 Å². The van der Waals surface area contributed by atoms with E-state index >= 15 is 0 Å². The van der Waals surface area contributed by atoms with Gasteiger partial charge >= 0.3 is 12.1 Å². The number of urea groups is 1. The quantitative estimate of drug-likeness (QED) is 0.419. The lowest BCUT2D eigenvalue weighted by atomic mass is 9.93. The van der Waals surface area contributed by atoms with Crippen molar-refractivity contribution in [1.29, 1.82) is 0 Å². The molecule has 2 unspecified atom stereocenters. The minimum absolute atomic E-state index is 0.0190. The molecule has 40 heavy (non-hydrogen) atoms. The number of aryl methyl sites for hydroxylation is 1. The van der Waals surface area contributed by atoms with Crippen molar-refractivity contribution in [3.63, 3.8) is 0 Å². The Bertz CT molecular complexity index is 1500. The molecule has 0 saturated carbocycles. The summed E-state index contributed by atoms with van der Waals surface area (Å²) >= 11 is 0. The minimum Gasteiger partial charge on any atom is -0.489 e. The maximum Gasteiger partial charge on any atom is 0.410 e. The Morgan fingerprint density at radius 3 is 2.52 bits per heavy atom. The zero-order valence-corrected chi connectivity index (χ0v) is 22.7. The molecule has 11 heteroatoms. The second-order valence-corrected chi connectivity index (χ2v) is 11.0. The van der Waals surface area contributed by atoms with Crippen LogP contribution in [0, 0.1) is 6.92 Å². The van der Waals surface area contributed by atoms with Gasteiger partial charge in [0.25, 0.3) is 11.8 Å². The molecule has 3 aromatic rings. The number of para-hydroxylation sites is 1. The van der Waals surface area contributed by atoms with Crippen LogP contribution in [0.3, 0.4) is 0 Å². The molecular weight excluding hydrogens is 514 g/mol. The van der Waals surface area contributed by atoms with Gasteiger partial charge in [0.2, 0.25) is 0 Å². The van der Waals surface area contributed by atoms with Crippen molar-refractivity contribution in [3.05, 3.63) is 71.4 Å². The van der Waals surface area contributed by atoms with Gasteiger partial charge in [-0.3, -0.25) is 19.9 Å². The summed E-state index contributed by atoms with van der Waals surface area (Å²) in [5, 5.41) is 8.64. The Morgan fingerprint density at radius 1 is 1.12 bits per heavy atom. The number of aromatic nitrogens is 1. The molecule has 2 aliphatic rings. The lowest BCUT2D eigenvalue weighted by Crippen LogP contribution is -2.62. The molecular formula is C29H31N5O6. The third-order valence-electron chi connectivity index (χ3n) is 6.80. The van der Waals surface area contributed by atoms with Crippen molar-refractivity contribution in [3.8, 4) is 5.75 Å². The van der Waals surface area contributed by atoms with Crippen molar-refractivity contribution in [2.75, 3.05) is 13.1 Å². The maximum absolute atomic E-state index is 13.2. The van der Waals surface area contributed by atoms with Gasteiger partial charge in [-0.1, -0.05) is 18.2 Å². The smallest absolute Gasteiger partial charge is 0.410 e. The second kappa shape index (κ2) is 10.1. The first-order valence-electron chi connectivity index (χ1n) is 12.9. The Labute approximate surface area is 231 Å². The number of imide groups is 1. The number of hydrogen-bond acceptors (Lipinski definition) is 7. The van der Waals surface area contributed by atoms with Gasteiger partial charge < -0.3 is 25.0 Å². The molecule has 3 N–H and O–H groups in total. The molecule has 0 radical (unpaired) electrons. The topological polar surface area (TPSA) is 139 Å². The molecule has 2 atom stereocenters. The first kappa shape index (κ1) is 26.9. The number of fused-ring (bicyclic) bond motifs is 1. The standard InChI is InChI=1S/C29H31N5O6/c1-17-13-19(21-7-5-6-8-22(21)30-17)15-39-20-11-9-18(10-12-20)24(35)31-23-14-34(27(38)40-28(2,3)4)16-29(23)25(36)32-26(37)33-29/h5-13,23H,14-16H2,1-4H3,(H,31,35)(H2,32,33,36,37). The van der Waals surface area contributed by atoms with E-state index in [0.29, 0.717) is 17.9 Å². The molecule has 1 spiro atoms. The summed E-state index contributed by atoms with van der Waals surface area (Å²) in [5.74, 6) is -0.505. The van der Waals surface area contributed by atoms with Gasteiger partial charge in [0, 0.05) is 28.8 Å². The second-order valence-electron chi connectivity index (χ2n) is 11.0. The molecule has 3 heterocycles. The van der Waals surface area contributed by atoms with Crippen LogP contribution in [0.25, 0.3) is 10.9 Å². The monoisotopic (exact) mass is 545 g/mol. The highest BCUT2D eigenvalue weighted by molar-refractivity contribution is 6.09. The lowest BCUT2D eigenvalue weighted by Gasteiger charge is -2.27. The highest BCUT2D eigenvalue weighted by Crippen LogP contribution is 2.28. The van der Waals surface area contributed by atoms with Crippen LogP contribution in [0.15, 0.2) is 54.6 Å². The van der Waals surface area contributed by atoms with Crippen LogP contribution >= 0.6 is 0 Å². The zero-order valence-electron chi connectivity index (χ0n) is 22.7. The van der Waals surface area contributed by atoms with E-state index in [1.807, 2.05) is 37.3 Å². The van der Waals surface area contributed by atoms with Gasteiger partial charge in [0.15, 0.2) is 5.54 Å². The first-order chi connectivity index (χ1) is 18.9. The van der Waals surface area contributed by atoms with Gasteiger partial charge in [0.05, 0.1) is 18.1 Å². The highest BCUT2D eigenvalue weighted by Gasteiger charge is 2.59. The zero-order chi connectivity index (χ0) is 28.7. The molecule has 0 bridgehead atoms. The lowest BCUT2D eigenvalue weighted by molar-refractivity contribution is -0.124. The van der Waals surface area contributed by atoms with Gasteiger partial charge in [-0.2, -0.15) is 0 Å². The van der Waals surface area contributed by atoms with E-state index < -0.39 is 41.1 Å². The molecule has 0 aliphatic carbocycles. The number of carbonyl (C=O) groups excluding carboxylic acids is 4. The van der Waals surface area contributed by atoms with E-state index in [-0.39, 0.29) is 13.1 Å². The van der Waals surface area contributed by atoms with E-state index in [1.165, 1.54) is 4.90 Å². The van der Waals surface area contributed by atoms with Crippen LogP contribution in [-0.4, -0.2) is 64.1 Å². The van der Waals surface area contributed by atoms with Crippen molar-refractivity contribution >= 4 is 34.8 Å². The van der Waals surface area contributed by atoms with Gasteiger partial charge in [0.1, 0.15) is 18.0 Å². The van der Waals surface area contributed by atoms with Gasteiger partial charge in [-0.15, -0.1) is 0 Å². The number of rotatable bonds is 5. The molecule has 5 rings (SSSR count). The molecule has 208 valence electrons. The summed E-state index contributed by atoms with van der Waals surface area (Å²) < 4.78 is 11.4. The number of likely N-dealkylation sites (tertiary alicyclic amines) is 1. The summed E-state index contributed by atoms with van der Waals surface area (Å²) in [7, 11) is 0. The first-order valence-corrected chi connectivity index (χ1v) is 12.9. The van der Waals surface area contributed by atoms with E-state index in [0.717, 1.165) is 22.2 Å². The Balaban J connectivity index is 1.27. The fourth-order valence-electron chi connectivity index (χ4n) is 4.97. The van der Waals surface area contributed by atoms with E-state index in [4.69, 9.17) is 9.47 Å². The van der Waals surface area contributed by atoms with Crippen LogP contribution in [-0.2, 0) is 16.1 Å². The summed E-state index contributed by atoms with van der Waals surface area (Å²) in [6.45, 7) is 7.30. The number of carbonyl (C=O) groups is 4. The Hall–Kier alpha value is -4.67. The van der Waals surface area contributed by atoms with Gasteiger partial charge in [-0.05, 0) is 64.1 Å². The number of benzene rings is 2. The van der Waals surface area contributed by atoms with Crippen molar-refractivity contribution in [2.24, 2.45) is 0 Å². The minimum atomic E-state index is -1.50. The van der Waals surface area contributed by atoms with Crippen LogP contribution in [0.2, 0.25) is 0 Å². The molecule has 5 amide bonds. The van der Waals surface area contributed by atoms with Crippen molar-refractivity contribution < 1.29 is 28.7 Å². The number of hydrogen-bond donors (Lipinski definition) is 3. The van der Waals surface area contributed by atoms with Crippen LogP contribution in [0.4, 0.5) is 9.59 Å². The summed E-state index contributed by atoms with van der Waals surface area (Å²) in [6.07, 6.45) is -0.642. The molecule has 2 aliphatic heterocycles. The molecule has 1 aromatic heterocycles. The van der Waals surface area contributed by atoms with Crippen LogP contribution in [0.1, 0.15) is 42.4 Å². The predicted molar refractivity (Wildman–Crippen MR) is 146 cm³/mol. The normalized spacial score (nSPS) is 20.4. The number of nitrogens with zero attached hydrogens (tertiary/aromatic N) is 2. The number of ether oxygens (including phenoxy) is 2. The third kappa shape index (κ3) is 5.40. The Kier molecular flexibility index (Phi) is 6.82. The van der Waals surface area contributed by atoms with E-state index in [1.54, 1.807) is 45.0 Å². The van der Waals surface area contributed by atoms with Crippen molar-refractivity contribution in [1.82, 2.24) is 25.8 Å². The molecule has 2 saturated heterocycles. The average Bonchev–Trinajstić information content (AvgIpc) is 3.39. The Morgan fingerprint density at radius 2 is 1.85 bits per heavy atom. The number of amides is 5. The molecule has 11 nitrogen and oxygen atoms in total. The molecule has 2 aromatic carbocycles. The van der Waals surface area contributed by atoms with Crippen LogP contribution < -0.4 is 20.7 Å².